The zero-order chi connectivity index (χ0) is 21.6. The molecule has 0 aliphatic heterocycles. The topological polar surface area (TPSA) is 78.1 Å². The number of hydrogen-bond acceptors (Lipinski definition) is 3. The number of nitrogens with zero attached hydrogens (tertiary/aromatic N) is 2. The van der Waals surface area contributed by atoms with E-state index in [-0.39, 0.29) is 18.1 Å². The molecule has 0 aliphatic carbocycles. The van der Waals surface area contributed by atoms with Crippen LogP contribution in [0.5, 0.6) is 0 Å². The van der Waals surface area contributed by atoms with Crippen molar-refractivity contribution in [1.29, 1.82) is 0 Å². The third-order valence-electron chi connectivity index (χ3n) is 4.86. The van der Waals surface area contributed by atoms with Gasteiger partial charge in [0.2, 0.25) is 0 Å². The van der Waals surface area contributed by atoms with Crippen molar-refractivity contribution < 1.29 is 4.79 Å². The molecule has 1 aromatic heterocycles. The Balaban J connectivity index is 1.57. The van der Waals surface area contributed by atoms with E-state index in [9.17, 15) is 9.59 Å². The Morgan fingerprint density at radius 2 is 1.61 bits per heavy atom. The number of para-hydroxylation sites is 1. The van der Waals surface area contributed by atoms with Crippen molar-refractivity contribution in [2.75, 3.05) is 0 Å². The molecule has 31 heavy (non-hydrogen) atoms. The third kappa shape index (κ3) is 5.29. The number of nitrogens with one attached hydrogen (secondary N) is 2. The van der Waals surface area contributed by atoms with Crippen LogP contribution in [0, 0.1) is 0 Å². The predicted octanol–water partition coefficient (Wildman–Crippen LogP) is 4.49. The molecule has 6 nitrogen and oxygen atoms in total. The highest BCUT2D eigenvalue weighted by Gasteiger charge is 2.16. The summed E-state index contributed by atoms with van der Waals surface area (Å²) < 4.78 is 0. The number of H-pyrrole nitrogens is 1. The lowest BCUT2D eigenvalue weighted by Crippen LogP contribution is -2.39. The number of carbonyl (C=O) groups excluding carboxylic acids is 1. The summed E-state index contributed by atoms with van der Waals surface area (Å²) in [6.07, 6.45) is 0. The SMILES string of the molecule is O=C(NCc1ccccc1)N(Cc1ccc(Cl)cc1)Cc1nc2ccccc2c(=O)[nH]1. The van der Waals surface area contributed by atoms with E-state index in [4.69, 9.17) is 11.6 Å². The molecule has 0 unspecified atom stereocenters. The third-order valence-corrected chi connectivity index (χ3v) is 5.11. The van der Waals surface area contributed by atoms with E-state index >= 15 is 0 Å². The van der Waals surface area contributed by atoms with E-state index in [1.54, 1.807) is 35.2 Å². The lowest BCUT2D eigenvalue weighted by Gasteiger charge is -2.23. The molecule has 156 valence electrons. The normalized spacial score (nSPS) is 10.7. The predicted molar refractivity (Wildman–Crippen MR) is 122 cm³/mol. The number of carbonyl (C=O) groups is 1. The Kier molecular flexibility index (Phi) is 6.29. The number of hydrogen-bond donors (Lipinski definition) is 2. The van der Waals surface area contributed by atoms with Crippen LogP contribution in [-0.2, 0) is 19.6 Å². The van der Waals surface area contributed by atoms with Gasteiger partial charge < -0.3 is 15.2 Å². The van der Waals surface area contributed by atoms with E-state index in [1.165, 1.54) is 0 Å². The molecule has 7 heteroatoms. The molecule has 0 aliphatic rings. The average Bonchev–Trinajstić information content (AvgIpc) is 2.79. The minimum absolute atomic E-state index is 0.156. The van der Waals surface area contributed by atoms with Gasteiger partial charge in [0.1, 0.15) is 5.82 Å². The van der Waals surface area contributed by atoms with Crippen molar-refractivity contribution in [1.82, 2.24) is 20.2 Å². The van der Waals surface area contributed by atoms with Crippen molar-refractivity contribution in [2.45, 2.75) is 19.6 Å². The van der Waals surface area contributed by atoms with Gasteiger partial charge in [-0.15, -0.1) is 0 Å². The fourth-order valence-corrected chi connectivity index (χ4v) is 3.41. The van der Waals surface area contributed by atoms with Crippen LogP contribution in [0.15, 0.2) is 83.7 Å². The minimum Gasteiger partial charge on any atom is -0.334 e. The van der Waals surface area contributed by atoms with Gasteiger partial charge in [-0.3, -0.25) is 4.79 Å². The molecule has 3 aromatic carbocycles. The maximum absolute atomic E-state index is 13.0. The van der Waals surface area contributed by atoms with E-state index in [0.29, 0.717) is 34.8 Å². The molecule has 2 N–H and O–H groups in total. The molecule has 2 amide bonds. The first-order valence-corrected chi connectivity index (χ1v) is 10.3. The number of rotatable bonds is 6. The van der Waals surface area contributed by atoms with Crippen LogP contribution >= 0.6 is 11.6 Å². The molecule has 4 rings (SSSR count). The summed E-state index contributed by atoms with van der Waals surface area (Å²) in [5, 5.41) is 4.09. The van der Waals surface area contributed by atoms with Crippen LogP contribution in [0.3, 0.4) is 0 Å². The number of benzene rings is 3. The van der Waals surface area contributed by atoms with Crippen LogP contribution in [0.25, 0.3) is 10.9 Å². The number of urea groups is 1. The zero-order valence-electron chi connectivity index (χ0n) is 16.7. The Morgan fingerprint density at radius 1 is 0.903 bits per heavy atom. The molecule has 0 saturated carbocycles. The quantitative estimate of drug-likeness (QED) is 0.471. The van der Waals surface area contributed by atoms with Gasteiger partial charge in [0, 0.05) is 18.1 Å². The van der Waals surface area contributed by atoms with E-state index in [2.05, 4.69) is 15.3 Å². The van der Waals surface area contributed by atoms with Crippen LogP contribution < -0.4 is 10.9 Å². The fraction of sp³-hybridized carbons (Fsp3) is 0.125. The maximum Gasteiger partial charge on any atom is 0.318 e. The van der Waals surface area contributed by atoms with Crippen molar-refractivity contribution in [3.63, 3.8) is 0 Å². The first kappa shape index (κ1) is 20.6. The molecule has 0 spiro atoms. The van der Waals surface area contributed by atoms with E-state index in [1.807, 2.05) is 48.5 Å². The standard InChI is InChI=1S/C24H21ClN4O2/c25-19-12-10-18(11-13-19)15-29(24(31)26-14-17-6-2-1-3-7-17)16-22-27-21-9-5-4-8-20(21)23(30)28-22/h1-13H,14-16H2,(H,26,31)(H,27,28,30). The lowest BCUT2D eigenvalue weighted by atomic mass is 10.2. The first-order valence-electron chi connectivity index (χ1n) is 9.87. The van der Waals surface area contributed by atoms with Gasteiger partial charge in [-0.05, 0) is 35.4 Å². The summed E-state index contributed by atoms with van der Waals surface area (Å²) in [6.45, 7) is 0.899. The number of fused-ring (bicyclic) bond motifs is 1. The summed E-state index contributed by atoms with van der Waals surface area (Å²) in [7, 11) is 0. The number of aromatic amines is 1. The van der Waals surface area contributed by atoms with Crippen molar-refractivity contribution in [2.24, 2.45) is 0 Å². The summed E-state index contributed by atoms with van der Waals surface area (Å²) in [5.74, 6) is 0.424. The maximum atomic E-state index is 13.0. The second-order valence-corrected chi connectivity index (χ2v) is 7.59. The smallest absolute Gasteiger partial charge is 0.318 e. The number of aromatic nitrogens is 2. The van der Waals surface area contributed by atoms with Gasteiger partial charge in [0.25, 0.3) is 5.56 Å². The van der Waals surface area contributed by atoms with Gasteiger partial charge in [-0.25, -0.2) is 9.78 Å². The number of halogens is 1. The molecule has 0 fully saturated rings. The Morgan fingerprint density at radius 3 is 2.39 bits per heavy atom. The lowest BCUT2D eigenvalue weighted by molar-refractivity contribution is 0.190. The molecule has 0 bridgehead atoms. The summed E-state index contributed by atoms with van der Waals surface area (Å²) in [5.41, 5.74) is 2.29. The molecule has 4 aromatic rings. The average molecular weight is 433 g/mol. The van der Waals surface area contributed by atoms with Crippen LogP contribution in [-0.4, -0.2) is 20.9 Å². The first-order chi connectivity index (χ1) is 15.1. The monoisotopic (exact) mass is 432 g/mol. The molecule has 1 heterocycles. The second kappa shape index (κ2) is 9.45. The van der Waals surface area contributed by atoms with Crippen molar-refractivity contribution >= 4 is 28.5 Å². The van der Waals surface area contributed by atoms with Crippen molar-refractivity contribution in [3.05, 3.63) is 111 Å². The summed E-state index contributed by atoms with van der Waals surface area (Å²) in [4.78, 5) is 34.4. The van der Waals surface area contributed by atoms with E-state index < -0.39 is 0 Å². The van der Waals surface area contributed by atoms with E-state index in [0.717, 1.165) is 11.1 Å². The second-order valence-electron chi connectivity index (χ2n) is 7.16. The van der Waals surface area contributed by atoms with Gasteiger partial charge in [0.05, 0.1) is 17.4 Å². The molecule has 0 atom stereocenters. The largest absolute Gasteiger partial charge is 0.334 e. The van der Waals surface area contributed by atoms with Gasteiger partial charge in [0.15, 0.2) is 0 Å². The van der Waals surface area contributed by atoms with Gasteiger partial charge in [-0.2, -0.15) is 0 Å². The highest BCUT2D eigenvalue weighted by atomic mass is 35.5. The highest BCUT2D eigenvalue weighted by molar-refractivity contribution is 6.30. The molecular weight excluding hydrogens is 412 g/mol. The molecule has 0 radical (unpaired) electrons. The van der Waals surface area contributed by atoms with Crippen LogP contribution in [0.1, 0.15) is 17.0 Å². The molecule has 0 saturated heterocycles. The van der Waals surface area contributed by atoms with Crippen molar-refractivity contribution in [3.8, 4) is 0 Å². The van der Waals surface area contributed by atoms with Crippen LogP contribution in [0.4, 0.5) is 4.79 Å². The Labute approximate surface area is 184 Å². The highest BCUT2D eigenvalue weighted by Crippen LogP contribution is 2.14. The molecular formula is C24H21ClN4O2. The Hall–Kier alpha value is -3.64. The van der Waals surface area contributed by atoms with Gasteiger partial charge in [-0.1, -0.05) is 66.2 Å². The number of amides is 2. The Bertz CT molecular complexity index is 1240. The fourth-order valence-electron chi connectivity index (χ4n) is 3.29. The summed E-state index contributed by atoms with van der Waals surface area (Å²) >= 11 is 5.99. The zero-order valence-corrected chi connectivity index (χ0v) is 17.5. The van der Waals surface area contributed by atoms with Gasteiger partial charge >= 0.3 is 6.03 Å². The van der Waals surface area contributed by atoms with Crippen LogP contribution in [0.2, 0.25) is 5.02 Å². The summed E-state index contributed by atoms with van der Waals surface area (Å²) in [6, 6.07) is 23.9. The minimum atomic E-state index is -0.255.